The Morgan fingerprint density at radius 2 is 2.07 bits per heavy atom. The SMILES string of the molecule is COc1ccc(N2C(=S)N[C@H](c3ccccn3)[C@@H]2c2cccn2C)cc1NC(C)=O. The fraction of sp³-hybridized carbons (Fsp3) is 0.227. The molecule has 1 aliphatic rings. The second kappa shape index (κ2) is 8.16. The molecule has 0 radical (unpaired) electrons. The summed E-state index contributed by atoms with van der Waals surface area (Å²) in [6, 6.07) is 15.4. The van der Waals surface area contributed by atoms with Crippen LogP contribution in [0.15, 0.2) is 60.9 Å². The van der Waals surface area contributed by atoms with Gasteiger partial charge in [-0.3, -0.25) is 9.78 Å². The van der Waals surface area contributed by atoms with E-state index < -0.39 is 0 Å². The Morgan fingerprint density at radius 1 is 1.23 bits per heavy atom. The van der Waals surface area contributed by atoms with E-state index in [4.69, 9.17) is 17.0 Å². The van der Waals surface area contributed by atoms with Crippen molar-refractivity contribution in [1.82, 2.24) is 14.9 Å². The van der Waals surface area contributed by atoms with Crippen molar-refractivity contribution >= 4 is 34.6 Å². The van der Waals surface area contributed by atoms with Crippen molar-refractivity contribution in [2.24, 2.45) is 7.05 Å². The molecular formula is C22H23N5O2S. The number of nitrogens with one attached hydrogen (secondary N) is 2. The van der Waals surface area contributed by atoms with Crippen molar-refractivity contribution in [2.75, 3.05) is 17.3 Å². The average molecular weight is 422 g/mol. The number of thiocarbonyl (C=S) groups is 1. The maximum atomic E-state index is 11.7. The second-order valence-electron chi connectivity index (χ2n) is 7.11. The van der Waals surface area contributed by atoms with Crippen LogP contribution in [-0.4, -0.2) is 27.7 Å². The van der Waals surface area contributed by atoms with Gasteiger partial charge in [-0.15, -0.1) is 0 Å². The van der Waals surface area contributed by atoms with Gasteiger partial charge in [-0.1, -0.05) is 6.07 Å². The third-order valence-electron chi connectivity index (χ3n) is 5.16. The first-order valence-electron chi connectivity index (χ1n) is 9.57. The summed E-state index contributed by atoms with van der Waals surface area (Å²) in [7, 11) is 3.59. The van der Waals surface area contributed by atoms with Gasteiger partial charge < -0.3 is 24.8 Å². The molecule has 1 amide bonds. The Kier molecular flexibility index (Phi) is 5.41. The lowest BCUT2D eigenvalue weighted by atomic mass is 10.0. The van der Waals surface area contributed by atoms with Gasteiger partial charge in [0.2, 0.25) is 5.91 Å². The van der Waals surface area contributed by atoms with Gasteiger partial charge in [0.25, 0.3) is 0 Å². The van der Waals surface area contributed by atoms with Crippen LogP contribution in [0.3, 0.4) is 0 Å². The molecule has 8 heteroatoms. The van der Waals surface area contributed by atoms with Crippen LogP contribution in [0.25, 0.3) is 0 Å². The number of amides is 1. The minimum Gasteiger partial charge on any atom is -0.495 e. The summed E-state index contributed by atoms with van der Waals surface area (Å²) < 4.78 is 7.49. The van der Waals surface area contributed by atoms with Gasteiger partial charge in [-0.25, -0.2) is 0 Å². The highest BCUT2D eigenvalue weighted by atomic mass is 32.1. The van der Waals surface area contributed by atoms with Crippen molar-refractivity contribution in [1.29, 1.82) is 0 Å². The molecule has 7 nitrogen and oxygen atoms in total. The Hall–Kier alpha value is -3.39. The van der Waals surface area contributed by atoms with Gasteiger partial charge in [-0.2, -0.15) is 0 Å². The van der Waals surface area contributed by atoms with Crippen LogP contribution in [0, 0.1) is 0 Å². The highest BCUT2D eigenvalue weighted by molar-refractivity contribution is 7.80. The molecule has 1 aromatic carbocycles. The summed E-state index contributed by atoms with van der Waals surface area (Å²) in [5, 5.41) is 6.86. The largest absolute Gasteiger partial charge is 0.495 e. The van der Waals surface area contributed by atoms with Crippen LogP contribution in [0.1, 0.15) is 30.4 Å². The molecule has 1 saturated heterocycles. The van der Waals surface area contributed by atoms with Gasteiger partial charge in [0.05, 0.1) is 24.5 Å². The van der Waals surface area contributed by atoms with E-state index in [-0.39, 0.29) is 18.0 Å². The summed E-state index contributed by atoms with van der Waals surface area (Å²) in [5.74, 6) is 0.418. The first-order chi connectivity index (χ1) is 14.5. The lowest BCUT2D eigenvalue weighted by molar-refractivity contribution is -0.114. The highest BCUT2D eigenvalue weighted by Gasteiger charge is 2.41. The number of hydrogen-bond acceptors (Lipinski definition) is 4. The van der Waals surface area contributed by atoms with Crippen LogP contribution in [0.5, 0.6) is 5.75 Å². The average Bonchev–Trinajstić information content (AvgIpc) is 3.30. The number of pyridine rings is 1. The van der Waals surface area contributed by atoms with Gasteiger partial charge in [-0.05, 0) is 54.7 Å². The van der Waals surface area contributed by atoms with E-state index in [2.05, 4.69) is 31.2 Å². The number of nitrogens with zero attached hydrogens (tertiary/aromatic N) is 3. The first-order valence-corrected chi connectivity index (χ1v) is 9.98. The summed E-state index contributed by atoms with van der Waals surface area (Å²) in [6.07, 6.45) is 3.80. The zero-order chi connectivity index (χ0) is 21.3. The van der Waals surface area contributed by atoms with E-state index in [1.54, 1.807) is 13.3 Å². The van der Waals surface area contributed by atoms with Crippen molar-refractivity contribution in [3.05, 3.63) is 72.3 Å². The fourth-order valence-electron chi connectivity index (χ4n) is 3.85. The van der Waals surface area contributed by atoms with E-state index in [0.717, 1.165) is 17.1 Å². The molecule has 1 fully saturated rings. The number of carbonyl (C=O) groups is 1. The molecule has 0 spiro atoms. The van der Waals surface area contributed by atoms with Crippen molar-refractivity contribution in [3.63, 3.8) is 0 Å². The van der Waals surface area contributed by atoms with Crippen LogP contribution >= 0.6 is 12.2 Å². The van der Waals surface area contributed by atoms with E-state index >= 15 is 0 Å². The van der Waals surface area contributed by atoms with Crippen molar-refractivity contribution < 1.29 is 9.53 Å². The van der Waals surface area contributed by atoms with Gasteiger partial charge in [0.15, 0.2) is 5.11 Å². The zero-order valence-electron chi connectivity index (χ0n) is 17.0. The van der Waals surface area contributed by atoms with E-state index in [9.17, 15) is 4.79 Å². The smallest absolute Gasteiger partial charge is 0.221 e. The third-order valence-corrected chi connectivity index (χ3v) is 5.47. The van der Waals surface area contributed by atoms with E-state index in [1.165, 1.54) is 6.92 Å². The first kappa shape index (κ1) is 19.9. The van der Waals surface area contributed by atoms with Gasteiger partial charge in [0, 0.05) is 37.7 Å². The number of methoxy groups -OCH3 is 1. The minimum absolute atomic E-state index is 0.119. The Bertz CT molecular complexity index is 1080. The maximum Gasteiger partial charge on any atom is 0.221 e. The summed E-state index contributed by atoms with van der Waals surface area (Å²) in [4.78, 5) is 18.3. The van der Waals surface area contributed by atoms with E-state index in [0.29, 0.717) is 16.5 Å². The number of hydrogen-bond donors (Lipinski definition) is 2. The number of carbonyl (C=O) groups excluding carboxylic acids is 1. The number of aryl methyl sites for hydroxylation is 1. The Balaban J connectivity index is 1.82. The molecule has 3 aromatic rings. The van der Waals surface area contributed by atoms with Gasteiger partial charge in [0.1, 0.15) is 11.8 Å². The molecular weight excluding hydrogens is 398 g/mol. The number of ether oxygens (including phenoxy) is 1. The molecule has 2 N–H and O–H groups in total. The standard InChI is InChI=1S/C22H23N5O2S/c1-14(28)24-17-13-15(9-10-19(17)29-3)27-21(18-8-6-12-26(18)2)20(25-22(27)30)16-7-4-5-11-23-16/h4-13,20-21H,1-3H3,(H,24,28)(H,25,30)/t20-,21+/m1/s1. The number of anilines is 2. The lowest BCUT2D eigenvalue weighted by Gasteiger charge is -2.29. The quantitative estimate of drug-likeness (QED) is 0.614. The monoisotopic (exact) mass is 421 g/mol. The van der Waals surface area contributed by atoms with Crippen LogP contribution in [0.2, 0.25) is 0 Å². The predicted octanol–water partition coefficient (Wildman–Crippen LogP) is 3.56. The number of rotatable bonds is 5. The molecule has 1 aliphatic heterocycles. The molecule has 2 aromatic heterocycles. The summed E-state index contributed by atoms with van der Waals surface area (Å²) in [5.41, 5.74) is 3.44. The summed E-state index contributed by atoms with van der Waals surface area (Å²) >= 11 is 5.75. The van der Waals surface area contributed by atoms with Crippen molar-refractivity contribution in [3.8, 4) is 5.75 Å². The molecule has 0 saturated carbocycles. The molecule has 154 valence electrons. The van der Waals surface area contributed by atoms with Crippen molar-refractivity contribution in [2.45, 2.75) is 19.0 Å². The molecule has 0 bridgehead atoms. The topological polar surface area (TPSA) is 71.4 Å². The molecule has 0 unspecified atom stereocenters. The molecule has 4 rings (SSSR count). The van der Waals surface area contributed by atoms with Crippen LogP contribution in [-0.2, 0) is 11.8 Å². The van der Waals surface area contributed by atoms with Crippen LogP contribution < -0.4 is 20.3 Å². The number of aromatic nitrogens is 2. The normalized spacial score (nSPS) is 18.2. The van der Waals surface area contributed by atoms with Crippen LogP contribution in [0.4, 0.5) is 11.4 Å². The minimum atomic E-state index is -0.169. The lowest BCUT2D eigenvalue weighted by Crippen LogP contribution is -2.30. The maximum absolute atomic E-state index is 11.7. The molecule has 0 aliphatic carbocycles. The number of benzene rings is 1. The molecule has 30 heavy (non-hydrogen) atoms. The van der Waals surface area contributed by atoms with Gasteiger partial charge >= 0.3 is 0 Å². The Labute approximate surface area is 180 Å². The fourth-order valence-corrected chi connectivity index (χ4v) is 4.19. The highest BCUT2D eigenvalue weighted by Crippen LogP contribution is 2.43. The zero-order valence-corrected chi connectivity index (χ0v) is 17.8. The predicted molar refractivity (Wildman–Crippen MR) is 121 cm³/mol. The molecule has 2 atom stereocenters. The third kappa shape index (κ3) is 3.61. The summed E-state index contributed by atoms with van der Waals surface area (Å²) in [6.45, 7) is 1.47. The second-order valence-corrected chi connectivity index (χ2v) is 7.49. The van der Waals surface area contributed by atoms with E-state index in [1.807, 2.05) is 55.7 Å². The molecule has 3 heterocycles. The Morgan fingerprint density at radius 3 is 2.70 bits per heavy atom.